The molecule has 0 aromatic rings. The normalized spacial score (nSPS) is 16.3. The van der Waals surface area contributed by atoms with E-state index in [1.54, 1.807) is 0 Å². The summed E-state index contributed by atoms with van der Waals surface area (Å²) in [6.07, 6.45) is -6.10. The van der Waals surface area contributed by atoms with E-state index in [2.05, 4.69) is 4.74 Å². The number of carboxylic acid groups (broad SMARTS) is 1. The van der Waals surface area contributed by atoms with E-state index in [1.807, 2.05) is 0 Å². The predicted octanol–water partition coefficient (Wildman–Crippen LogP) is 1.33. The van der Waals surface area contributed by atoms with Crippen molar-refractivity contribution in [3.8, 4) is 0 Å². The summed E-state index contributed by atoms with van der Waals surface area (Å²) in [7, 11) is 0. The number of alkyl halides is 2. The van der Waals surface area contributed by atoms with E-state index in [4.69, 9.17) is 5.11 Å². The number of rotatable bonds is 2. The summed E-state index contributed by atoms with van der Waals surface area (Å²) in [4.78, 5) is 9.49. The third kappa shape index (κ3) is 3.69. The number of hydrogen-bond donors (Lipinski definition) is 1. The fraction of sp³-hybridized carbons (Fsp3) is 0.750. The molecule has 0 amide bonds. The monoisotopic (exact) mass is 140 g/mol. The van der Waals surface area contributed by atoms with Crippen molar-refractivity contribution >= 4 is 6.16 Å². The molecule has 2 atom stereocenters. The third-order valence-corrected chi connectivity index (χ3v) is 0.575. The first-order valence-corrected chi connectivity index (χ1v) is 2.21. The molecule has 0 aliphatic rings. The highest BCUT2D eigenvalue weighted by atomic mass is 19.2. The van der Waals surface area contributed by atoms with E-state index < -0.39 is 18.7 Å². The molecule has 54 valence electrons. The molecule has 9 heavy (non-hydrogen) atoms. The lowest BCUT2D eigenvalue weighted by Crippen LogP contribution is -2.20. The topological polar surface area (TPSA) is 46.5 Å². The van der Waals surface area contributed by atoms with E-state index in [9.17, 15) is 13.6 Å². The van der Waals surface area contributed by atoms with Gasteiger partial charge in [0.1, 0.15) is 0 Å². The van der Waals surface area contributed by atoms with Crippen molar-refractivity contribution in [1.29, 1.82) is 0 Å². The molecule has 2 unspecified atom stereocenters. The maximum Gasteiger partial charge on any atom is 0.508 e. The fourth-order valence-electron chi connectivity index (χ4n) is 0.190. The van der Waals surface area contributed by atoms with Crippen LogP contribution in [0.25, 0.3) is 0 Å². The summed E-state index contributed by atoms with van der Waals surface area (Å²) in [6.45, 7) is 0.869. The summed E-state index contributed by atoms with van der Waals surface area (Å²) >= 11 is 0. The highest BCUT2D eigenvalue weighted by Crippen LogP contribution is 2.03. The molecule has 0 spiro atoms. The first kappa shape index (κ1) is 8.13. The number of hydrogen-bond acceptors (Lipinski definition) is 2. The fourth-order valence-corrected chi connectivity index (χ4v) is 0.190. The molecule has 0 aromatic heterocycles. The van der Waals surface area contributed by atoms with Gasteiger partial charge in [0.2, 0.25) is 0 Å². The zero-order valence-electron chi connectivity index (χ0n) is 4.67. The van der Waals surface area contributed by atoms with E-state index in [0.29, 0.717) is 0 Å². The Morgan fingerprint density at radius 3 is 2.22 bits per heavy atom. The number of carbonyl (C=O) groups is 1. The molecule has 0 fully saturated rings. The molecular formula is C4H6F2O3. The quantitative estimate of drug-likeness (QED) is 0.588. The van der Waals surface area contributed by atoms with E-state index >= 15 is 0 Å². The Bertz CT molecular complexity index is 104. The molecule has 0 saturated carbocycles. The Hall–Kier alpha value is -0.870. The Labute approximate surface area is 50.2 Å². The lowest BCUT2D eigenvalue weighted by atomic mass is 10.4. The van der Waals surface area contributed by atoms with Crippen LogP contribution >= 0.6 is 0 Å². The van der Waals surface area contributed by atoms with Crippen molar-refractivity contribution in [1.82, 2.24) is 0 Å². The summed E-state index contributed by atoms with van der Waals surface area (Å²) < 4.78 is 26.9. The molecule has 5 heteroatoms. The summed E-state index contributed by atoms with van der Waals surface area (Å²) in [5.41, 5.74) is 0. The molecular weight excluding hydrogens is 134 g/mol. The van der Waals surface area contributed by atoms with Crippen LogP contribution in [-0.2, 0) is 4.74 Å². The van der Waals surface area contributed by atoms with Gasteiger partial charge in [-0.25, -0.2) is 9.18 Å². The van der Waals surface area contributed by atoms with Crippen LogP contribution in [0.4, 0.5) is 13.6 Å². The minimum absolute atomic E-state index is 0.869. The molecule has 0 aromatic carbocycles. The molecule has 0 saturated heterocycles. The minimum atomic E-state index is -2.37. The van der Waals surface area contributed by atoms with Gasteiger partial charge in [-0.15, -0.1) is 0 Å². The van der Waals surface area contributed by atoms with Gasteiger partial charge in [0, 0.05) is 0 Å². The van der Waals surface area contributed by atoms with Crippen LogP contribution < -0.4 is 0 Å². The lowest BCUT2D eigenvalue weighted by Gasteiger charge is -2.05. The second-order valence-electron chi connectivity index (χ2n) is 1.41. The van der Waals surface area contributed by atoms with E-state index in [0.717, 1.165) is 6.92 Å². The van der Waals surface area contributed by atoms with Gasteiger partial charge in [-0.1, -0.05) is 0 Å². The molecule has 0 heterocycles. The van der Waals surface area contributed by atoms with Crippen molar-refractivity contribution in [2.75, 3.05) is 0 Å². The van der Waals surface area contributed by atoms with Gasteiger partial charge in [0.05, 0.1) is 0 Å². The van der Waals surface area contributed by atoms with Crippen molar-refractivity contribution in [2.45, 2.75) is 19.5 Å². The zero-order valence-corrected chi connectivity index (χ0v) is 4.67. The number of ether oxygens (including phenoxy) is 1. The van der Waals surface area contributed by atoms with Gasteiger partial charge in [-0.2, -0.15) is 4.39 Å². The van der Waals surface area contributed by atoms with Gasteiger partial charge in [0.15, 0.2) is 6.17 Å². The molecule has 0 bridgehead atoms. The highest BCUT2D eigenvalue weighted by Gasteiger charge is 2.18. The van der Waals surface area contributed by atoms with Crippen molar-refractivity contribution in [3.63, 3.8) is 0 Å². The SMILES string of the molecule is CC(F)C(F)OC(=O)O. The third-order valence-electron chi connectivity index (χ3n) is 0.575. The van der Waals surface area contributed by atoms with Crippen LogP contribution in [0, 0.1) is 0 Å². The number of halogens is 2. The second-order valence-corrected chi connectivity index (χ2v) is 1.41. The lowest BCUT2D eigenvalue weighted by molar-refractivity contribution is -0.0543. The first-order chi connectivity index (χ1) is 4.04. The molecule has 0 aliphatic heterocycles. The van der Waals surface area contributed by atoms with Gasteiger partial charge in [0.25, 0.3) is 6.36 Å². The summed E-state index contributed by atoms with van der Waals surface area (Å²) in [6, 6.07) is 0. The van der Waals surface area contributed by atoms with Crippen LogP contribution in [0.5, 0.6) is 0 Å². The average Bonchev–Trinajstić information content (AvgIpc) is 1.63. The average molecular weight is 140 g/mol. The molecule has 1 N–H and O–H groups in total. The maximum absolute atomic E-state index is 11.8. The van der Waals surface area contributed by atoms with Crippen LogP contribution in [0.2, 0.25) is 0 Å². The van der Waals surface area contributed by atoms with Gasteiger partial charge >= 0.3 is 6.16 Å². The summed E-state index contributed by atoms with van der Waals surface area (Å²) in [5, 5.41) is 7.70. The van der Waals surface area contributed by atoms with Crippen molar-refractivity contribution in [2.24, 2.45) is 0 Å². The Kier molecular flexibility index (Phi) is 2.90. The van der Waals surface area contributed by atoms with Crippen LogP contribution in [0.3, 0.4) is 0 Å². The van der Waals surface area contributed by atoms with Crippen molar-refractivity contribution in [3.05, 3.63) is 0 Å². The molecule has 0 radical (unpaired) electrons. The largest absolute Gasteiger partial charge is 0.508 e. The van der Waals surface area contributed by atoms with Crippen LogP contribution in [0.15, 0.2) is 0 Å². The molecule has 0 rings (SSSR count). The summed E-state index contributed by atoms with van der Waals surface area (Å²) in [5.74, 6) is 0. The maximum atomic E-state index is 11.8. The van der Waals surface area contributed by atoms with Crippen LogP contribution in [-0.4, -0.2) is 23.8 Å². The predicted molar refractivity (Wildman–Crippen MR) is 24.6 cm³/mol. The Morgan fingerprint density at radius 2 is 2.11 bits per heavy atom. The van der Waals surface area contributed by atoms with Gasteiger partial charge < -0.3 is 9.84 Å². The van der Waals surface area contributed by atoms with Crippen LogP contribution in [0.1, 0.15) is 6.92 Å². The van der Waals surface area contributed by atoms with E-state index in [-0.39, 0.29) is 0 Å². The molecule has 3 nitrogen and oxygen atoms in total. The Balaban J connectivity index is 3.50. The first-order valence-electron chi connectivity index (χ1n) is 2.21. The zero-order chi connectivity index (χ0) is 7.44. The highest BCUT2D eigenvalue weighted by molar-refractivity contribution is 5.56. The van der Waals surface area contributed by atoms with Gasteiger partial charge in [-0.3, -0.25) is 0 Å². The van der Waals surface area contributed by atoms with Gasteiger partial charge in [-0.05, 0) is 6.92 Å². The van der Waals surface area contributed by atoms with E-state index in [1.165, 1.54) is 0 Å². The second kappa shape index (κ2) is 3.21. The molecule has 0 aliphatic carbocycles. The van der Waals surface area contributed by atoms with Crippen molar-refractivity contribution < 1.29 is 23.4 Å². The standard InChI is InChI=1S/C4H6F2O3/c1-2(5)3(6)9-4(7)8/h2-3H,1H3,(H,7,8). The smallest absolute Gasteiger partial charge is 0.450 e. The Morgan fingerprint density at radius 1 is 1.67 bits per heavy atom. The minimum Gasteiger partial charge on any atom is -0.450 e.